The van der Waals surface area contributed by atoms with Crippen molar-refractivity contribution in [3.05, 3.63) is 16.5 Å². The van der Waals surface area contributed by atoms with Crippen molar-refractivity contribution < 1.29 is 13.9 Å². The molecular formula is C9H8Cl2FN3O2. The molecule has 0 bridgehead atoms. The van der Waals surface area contributed by atoms with Crippen LogP contribution in [0.25, 0.3) is 0 Å². The Morgan fingerprint density at radius 3 is 2.88 bits per heavy atom. The molecule has 92 valence electrons. The zero-order valence-electron chi connectivity index (χ0n) is 8.73. The van der Waals surface area contributed by atoms with E-state index in [0.717, 1.165) is 4.90 Å². The molecule has 1 fully saturated rings. The fourth-order valence-corrected chi connectivity index (χ4v) is 1.94. The molecule has 1 saturated heterocycles. The van der Waals surface area contributed by atoms with Crippen LogP contribution in [0.4, 0.5) is 15.0 Å². The number of nitrogens with zero attached hydrogens (tertiary/aromatic N) is 3. The summed E-state index contributed by atoms with van der Waals surface area (Å²) in [6.45, 7) is 1.31. The first kappa shape index (κ1) is 12.3. The maximum absolute atomic E-state index is 13.3. The molecule has 1 aliphatic heterocycles. The second-order valence-electron chi connectivity index (χ2n) is 3.51. The minimum absolute atomic E-state index is 0.0320. The average Bonchev–Trinajstić information content (AvgIpc) is 2.58. The highest BCUT2D eigenvalue weighted by atomic mass is 35.5. The number of hydrogen-bond acceptors (Lipinski definition) is 4. The van der Waals surface area contributed by atoms with Crippen LogP contribution < -0.4 is 4.90 Å². The minimum Gasteiger partial charge on any atom is -0.447 e. The van der Waals surface area contributed by atoms with Gasteiger partial charge in [0, 0.05) is 6.07 Å². The summed E-state index contributed by atoms with van der Waals surface area (Å²) in [4.78, 5) is 20.1. The Kier molecular flexibility index (Phi) is 3.35. The van der Waals surface area contributed by atoms with Gasteiger partial charge in [-0.15, -0.1) is 0 Å². The molecular weight excluding hydrogens is 272 g/mol. The van der Waals surface area contributed by atoms with Gasteiger partial charge in [-0.2, -0.15) is 4.98 Å². The van der Waals surface area contributed by atoms with Gasteiger partial charge in [-0.1, -0.05) is 11.6 Å². The van der Waals surface area contributed by atoms with Gasteiger partial charge >= 0.3 is 6.09 Å². The van der Waals surface area contributed by atoms with Crippen molar-refractivity contribution in [3.63, 3.8) is 0 Å². The number of alkyl halides is 1. The number of carbonyl (C=O) groups excluding carboxylic acids is 1. The Morgan fingerprint density at radius 2 is 2.29 bits per heavy atom. The lowest BCUT2D eigenvalue weighted by atomic mass is 10.2. The van der Waals surface area contributed by atoms with Crippen LogP contribution in [0.15, 0.2) is 6.07 Å². The molecule has 0 N–H and O–H groups in total. The second-order valence-corrected chi connectivity index (χ2v) is 4.24. The Labute approximate surface area is 106 Å². The highest BCUT2D eigenvalue weighted by Crippen LogP contribution is 2.26. The summed E-state index contributed by atoms with van der Waals surface area (Å²) in [6.07, 6.45) is -1.93. The predicted octanol–water partition coefficient (Wildman–Crippen LogP) is 2.47. The summed E-state index contributed by atoms with van der Waals surface area (Å²) in [5, 5.41) is -0.0394. The second kappa shape index (κ2) is 4.62. The van der Waals surface area contributed by atoms with E-state index in [9.17, 15) is 9.18 Å². The van der Waals surface area contributed by atoms with E-state index in [-0.39, 0.29) is 22.9 Å². The number of ether oxygens (including phenoxy) is 1. The molecule has 0 aliphatic carbocycles. The van der Waals surface area contributed by atoms with Gasteiger partial charge in [-0.05, 0) is 18.5 Å². The summed E-state index contributed by atoms with van der Waals surface area (Å²) in [5.41, 5.74) is 0. The molecule has 1 amide bonds. The van der Waals surface area contributed by atoms with Crippen LogP contribution in [-0.2, 0) is 4.74 Å². The highest BCUT2D eigenvalue weighted by Gasteiger charge is 2.39. The van der Waals surface area contributed by atoms with Crippen LogP contribution in [0.1, 0.15) is 6.92 Å². The van der Waals surface area contributed by atoms with Crippen LogP contribution in [0.2, 0.25) is 10.4 Å². The summed E-state index contributed by atoms with van der Waals surface area (Å²) < 4.78 is 18.1. The molecule has 17 heavy (non-hydrogen) atoms. The fraction of sp³-hybridized carbons (Fsp3) is 0.444. The Balaban J connectivity index is 2.39. The first-order valence-electron chi connectivity index (χ1n) is 4.79. The van der Waals surface area contributed by atoms with Crippen molar-refractivity contribution in [2.45, 2.75) is 19.1 Å². The van der Waals surface area contributed by atoms with E-state index < -0.39 is 18.3 Å². The minimum atomic E-state index is -1.26. The number of carbonyl (C=O) groups is 1. The zero-order valence-corrected chi connectivity index (χ0v) is 10.2. The van der Waals surface area contributed by atoms with E-state index in [4.69, 9.17) is 27.9 Å². The third kappa shape index (κ3) is 2.42. The fourth-order valence-electron chi connectivity index (χ4n) is 1.54. The molecule has 2 rings (SSSR count). The van der Waals surface area contributed by atoms with Crippen LogP contribution in [0.3, 0.4) is 0 Å². The number of hydrogen-bond donors (Lipinski definition) is 0. The monoisotopic (exact) mass is 279 g/mol. The molecule has 8 heteroatoms. The molecule has 2 heterocycles. The van der Waals surface area contributed by atoms with E-state index in [2.05, 4.69) is 9.97 Å². The van der Waals surface area contributed by atoms with Gasteiger partial charge in [-0.3, -0.25) is 4.90 Å². The van der Waals surface area contributed by atoms with E-state index in [1.54, 1.807) is 0 Å². The van der Waals surface area contributed by atoms with Gasteiger partial charge < -0.3 is 4.74 Å². The predicted molar refractivity (Wildman–Crippen MR) is 60.2 cm³/mol. The summed E-state index contributed by atoms with van der Waals surface area (Å²) >= 11 is 11.3. The average molecular weight is 280 g/mol. The summed E-state index contributed by atoms with van der Waals surface area (Å²) in [5.74, 6) is 0.131. The van der Waals surface area contributed by atoms with Crippen molar-refractivity contribution >= 4 is 35.1 Å². The van der Waals surface area contributed by atoms with Gasteiger partial charge in [0.2, 0.25) is 5.28 Å². The smallest absolute Gasteiger partial charge is 0.416 e. The molecule has 2 atom stereocenters. The van der Waals surface area contributed by atoms with Crippen LogP contribution in [0.5, 0.6) is 0 Å². The largest absolute Gasteiger partial charge is 0.447 e. The third-order valence-electron chi connectivity index (χ3n) is 2.34. The van der Waals surface area contributed by atoms with Crippen LogP contribution in [0, 0.1) is 0 Å². The Morgan fingerprint density at radius 1 is 1.59 bits per heavy atom. The Hall–Kier alpha value is -1.14. The summed E-state index contributed by atoms with van der Waals surface area (Å²) in [6, 6.07) is 0.597. The van der Waals surface area contributed by atoms with E-state index in [1.165, 1.54) is 13.0 Å². The van der Waals surface area contributed by atoms with Gasteiger partial charge in [-0.25, -0.2) is 14.2 Å². The van der Waals surface area contributed by atoms with E-state index in [1.807, 2.05) is 0 Å². The number of cyclic esters (lactones) is 1. The van der Waals surface area contributed by atoms with Crippen molar-refractivity contribution in [2.24, 2.45) is 0 Å². The first-order chi connectivity index (χ1) is 7.99. The lowest BCUT2D eigenvalue weighted by Gasteiger charge is -2.21. The van der Waals surface area contributed by atoms with Gasteiger partial charge in [0.1, 0.15) is 29.8 Å². The summed E-state index contributed by atoms with van der Waals surface area (Å²) in [7, 11) is 0. The number of amides is 1. The zero-order chi connectivity index (χ0) is 12.6. The molecule has 0 spiro atoms. The highest BCUT2D eigenvalue weighted by molar-refractivity contribution is 6.32. The van der Waals surface area contributed by atoms with Crippen molar-refractivity contribution in [3.8, 4) is 0 Å². The normalized spacial score (nSPS) is 21.5. The lowest BCUT2D eigenvalue weighted by Crippen LogP contribution is -2.39. The topological polar surface area (TPSA) is 55.3 Å². The standard InChI is InChI=1S/C9H8Cl2FN3O2/c1-4(12)5-3-17-9(16)15(5)7-2-6(10)13-8(11)14-7/h2,4-5H,3H2,1H3/t4-,5+/m0/s1. The molecule has 0 saturated carbocycles. The molecule has 1 aliphatic rings. The van der Waals surface area contributed by atoms with Gasteiger partial charge in [0.15, 0.2) is 0 Å². The van der Waals surface area contributed by atoms with Crippen molar-refractivity contribution in [2.75, 3.05) is 11.5 Å². The maximum Gasteiger partial charge on any atom is 0.416 e. The molecule has 1 aromatic rings. The molecule has 0 aromatic carbocycles. The van der Waals surface area contributed by atoms with Gasteiger partial charge in [0.25, 0.3) is 0 Å². The quantitative estimate of drug-likeness (QED) is 0.617. The molecule has 1 aromatic heterocycles. The van der Waals surface area contributed by atoms with Crippen molar-refractivity contribution in [1.29, 1.82) is 0 Å². The molecule has 0 unspecified atom stereocenters. The lowest BCUT2D eigenvalue weighted by molar-refractivity contribution is 0.174. The SMILES string of the molecule is C[C@H](F)[C@H]1COC(=O)N1c1cc(Cl)nc(Cl)n1. The first-order valence-corrected chi connectivity index (χ1v) is 5.55. The third-order valence-corrected chi connectivity index (χ3v) is 2.70. The van der Waals surface area contributed by atoms with Gasteiger partial charge in [0.05, 0.1) is 0 Å². The van der Waals surface area contributed by atoms with E-state index >= 15 is 0 Å². The molecule has 5 nitrogen and oxygen atoms in total. The molecule has 0 radical (unpaired) electrons. The van der Waals surface area contributed by atoms with Crippen molar-refractivity contribution in [1.82, 2.24) is 9.97 Å². The van der Waals surface area contributed by atoms with Crippen LogP contribution >= 0.6 is 23.2 Å². The Bertz CT molecular complexity index is 438. The number of rotatable bonds is 2. The van der Waals surface area contributed by atoms with Crippen LogP contribution in [-0.4, -0.2) is 34.9 Å². The number of aromatic nitrogens is 2. The number of halogens is 3. The number of anilines is 1. The van der Waals surface area contributed by atoms with E-state index in [0.29, 0.717) is 0 Å². The maximum atomic E-state index is 13.3.